The average molecular weight is 1090 g/mol. The predicted octanol–water partition coefficient (Wildman–Crippen LogP) is 21.9. The van der Waals surface area contributed by atoms with Crippen molar-refractivity contribution in [3.05, 3.63) is 170 Å². The molecule has 442 valence electrons. The highest BCUT2D eigenvalue weighted by Gasteiger charge is 2.19. The molecule has 0 aromatic heterocycles. The molecule has 0 heterocycles. The number of unbranched alkanes of at least 4 members (excludes halogenated alkanes) is 16. The van der Waals surface area contributed by atoms with Crippen molar-refractivity contribution in [1.29, 1.82) is 0 Å². The van der Waals surface area contributed by atoms with Gasteiger partial charge in [0.1, 0.15) is 13.2 Å². The first-order chi connectivity index (χ1) is 39.0. The minimum Gasteiger partial charge on any atom is -0.462 e. The van der Waals surface area contributed by atoms with Crippen LogP contribution < -0.4 is 0 Å². The summed E-state index contributed by atoms with van der Waals surface area (Å²) in [5.41, 5.74) is 0. The Morgan fingerprint density at radius 3 is 0.797 bits per heavy atom. The van der Waals surface area contributed by atoms with E-state index in [9.17, 15) is 14.4 Å². The Morgan fingerprint density at radius 2 is 0.494 bits per heavy atom. The minimum atomic E-state index is -0.818. The van der Waals surface area contributed by atoms with Crippen molar-refractivity contribution in [3.8, 4) is 0 Å². The number of esters is 3. The highest BCUT2D eigenvalue weighted by Crippen LogP contribution is 2.14. The third kappa shape index (κ3) is 63.5. The van der Waals surface area contributed by atoms with E-state index in [0.717, 1.165) is 167 Å². The van der Waals surface area contributed by atoms with Crippen molar-refractivity contribution in [2.45, 2.75) is 258 Å². The molecule has 0 rings (SSSR count). The van der Waals surface area contributed by atoms with Crippen molar-refractivity contribution in [1.82, 2.24) is 0 Å². The SMILES string of the molecule is CC/C=C\C/C=C\C/C=C\C/C=C\C/C=C\C/C=C\C/C=C\C/C=C\CCCCCCCCCCC(=O)OCC(COC(=O)CCCCCCC/C=C\C/C=C\CCC)OC(=O)CCCC/C=C\C/C=C\C/C=C\C/C=C\CC. The Labute approximate surface area is 485 Å². The van der Waals surface area contributed by atoms with Gasteiger partial charge in [-0.25, -0.2) is 0 Å². The Bertz CT molecular complexity index is 1820. The Kier molecular flexibility index (Phi) is 61.0. The second-order valence-corrected chi connectivity index (χ2v) is 20.2. The normalized spacial score (nSPS) is 13.3. The van der Waals surface area contributed by atoms with Crippen molar-refractivity contribution >= 4 is 17.9 Å². The highest BCUT2D eigenvalue weighted by molar-refractivity contribution is 5.71. The van der Waals surface area contributed by atoms with Gasteiger partial charge in [0.05, 0.1) is 0 Å². The van der Waals surface area contributed by atoms with Crippen LogP contribution in [0.5, 0.6) is 0 Å². The third-order valence-corrected chi connectivity index (χ3v) is 12.7. The first-order valence-electron chi connectivity index (χ1n) is 31.6. The molecule has 1 atom stereocenters. The van der Waals surface area contributed by atoms with E-state index in [1.165, 1.54) is 38.5 Å². The molecule has 0 aliphatic carbocycles. The number of carbonyl (C=O) groups is 3. The van der Waals surface area contributed by atoms with Crippen LogP contribution >= 0.6 is 0 Å². The summed E-state index contributed by atoms with van der Waals surface area (Å²) in [6.07, 6.45) is 96.5. The number of hydrogen-bond acceptors (Lipinski definition) is 6. The van der Waals surface area contributed by atoms with Gasteiger partial charge in [-0.15, -0.1) is 0 Å². The van der Waals surface area contributed by atoms with Crippen LogP contribution in [0.15, 0.2) is 170 Å². The molecule has 0 aromatic rings. The predicted molar refractivity (Wildman–Crippen MR) is 343 cm³/mol. The molecule has 0 aliphatic heterocycles. The van der Waals surface area contributed by atoms with Gasteiger partial charge in [-0.2, -0.15) is 0 Å². The Morgan fingerprint density at radius 1 is 0.266 bits per heavy atom. The second kappa shape index (κ2) is 65.3. The number of carbonyl (C=O) groups excluding carboxylic acids is 3. The van der Waals surface area contributed by atoms with Crippen LogP contribution in [0.3, 0.4) is 0 Å². The van der Waals surface area contributed by atoms with Crippen molar-refractivity contribution < 1.29 is 28.6 Å². The summed E-state index contributed by atoms with van der Waals surface area (Å²) in [7, 11) is 0. The van der Waals surface area contributed by atoms with Crippen LogP contribution in [0.4, 0.5) is 0 Å². The number of allylic oxidation sites excluding steroid dienone is 28. The molecule has 0 amide bonds. The maximum absolute atomic E-state index is 12.9. The fourth-order valence-corrected chi connectivity index (χ4v) is 8.02. The lowest BCUT2D eigenvalue weighted by Gasteiger charge is -2.18. The molecule has 0 bridgehead atoms. The van der Waals surface area contributed by atoms with Gasteiger partial charge < -0.3 is 14.2 Å². The molecular formula is C73H114O6. The van der Waals surface area contributed by atoms with E-state index < -0.39 is 6.10 Å². The first-order valence-corrected chi connectivity index (χ1v) is 31.6. The highest BCUT2D eigenvalue weighted by atomic mass is 16.6. The molecule has 0 radical (unpaired) electrons. The molecule has 0 saturated heterocycles. The van der Waals surface area contributed by atoms with E-state index in [4.69, 9.17) is 14.2 Å². The zero-order valence-electron chi connectivity index (χ0n) is 50.6. The van der Waals surface area contributed by atoms with E-state index in [0.29, 0.717) is 19.3 Å². The molecule has 79 heavy (non-hydrogen) atoms. The van der Waals surface area contributed by atoms with Gasteiger partial charge in [-0.05, 0) is 148 Å². The summed E-state index contributed by atoms with van der Waals surface area (Å²) in [4.78, 5) is 38.2. The van der Waals surface area contributed by atoms with Gasteiger partial charge in [0.2, 0.25) is 0 Å². The fraction of sp³-hybridized carbons (Fsp3) is 0.575. The van der Waals surface area contributed by atoms with E-state index in [1.54, 1.807) is 0 Å². The van der Waals surface area contributed by atoms with Crippen molar-refractivity contribution in [2.75, 3.05) is 13.2 Å². The van der Waals surface area contributed by atoms with Gasteiger partial charge in [0, 0.05) is 19.3 Å². The van der Waals surface area contributed by atoms with E-state index in [-0.39, 0.29) is 37.5 Å². The molecule has 0 fully saturated rings. The summed E-state index contributed by atoms with van der Waals surface area (Å²) < 4.78 is 16.8. The number of ether oxygens (including phenoxy) is 3. The smallest absolute Gasteiger partial charge is 0.306 e. The van der Waals surface area contributed by atoms with Crippen LogP contribution in [-0.2, 0) is 28.6 Å². The lowest BCUT2D eigenvalue weighted by Crippen LogP contribution is -2.30. The van der Waals surface area contributed by atoms with Crippen LogP contribution in [0.2, 0.25) is 0 Å². The van der Waals surface area contributed by atoms with Crippen LogP contribution in [0.1, 0.15) is 252 Å². The molecule has 1 unspecified atom stereocenters. The van der Waals surface area contributed by atoms with E-state index in [1.807, 2.05) is 0 Å². The van der Waals surface area contributed by atoms with Crippen LogP contribution in [0.25, 0.3) is 0 Å². The standard InChI is InChI=1S/C73H114O6/c1-4-7-10-13-16-19-22-25-27-28-29-30-31-32-33-34-35-36-37-38-39-40-41-42-43-44-46-48-51-54-57-60-63-66-72(75)78-69-70(68-77-71(74)65-62-59-56-53-50-47-24-21-18-15-12-9-6-3)79-73(76)67-64-61-58-55-52-49-45-26-23-20-17-14-11-8-5-2/h7-8,10-12,15-17,19-21,24-27,29-30,32-33,35-36,38-39,41-42,45,52,55,70H,4-6,9,13-14,18,22-23,28,31,34,37,40,43-44,46-51,53-54,56-69H2,1-3H3/b10-7-,11-8-,15-12-,19-16-,20-17-,24-21-,27-25-,30-29-,33-32-,36-35-,39-38-,42-41-,45-26-,55-52-. The maximum atomic E-state index is 12.9. The fourth-order valence-electron chi connectivity index (χ4n) is 8.02. The maximum Gasteiger partial charge on any atom is 0.306 e. The molecule has 6 heteroatoms. The molecule has 0 N–H and O–H groups in total. The van der Waals surface area contributed by atoms with E-state index in [2.05, 4.69) is 191 Å². The molecule has 0 aromatic carbocycles. The largest absolute Gasteiger partial charge is 0.462 e. The summed E-state index contributed by atoms with van der Waals surface area (Å²) in [6, 6.07) is 0. The lowest BCUT2D eigenvalue weighted by molar-refractivity contribution is -0.167. The Hall–Kier alpha value is -5.23. The van der Waals surface area contributed by atoms with Gasteiger partial charge in [-0.3, -0.25) is 14.4 Å². The second-order valence-electron chi connectivity index (χ2n) is 20.2. The zero-order valence-corrected chi connectivity index (χ0v) is 50.6. The Balaban J connectivity index is 4.33. The van der Waals surface area contributed by atoms with Crippen molar-refractivity contribution in [2.24, 2.45) is 0 Å². The van der Waals surface area contributed by atoms with Crippen molar-refractivity contribution in [3.63, 3.8) is 0 Å². The molecule has 0 spiro atoms. The van der Waals surface area contributed by atoms with E-state index >= 15 is 0 Å². The first kappa shape index (κ1) is 73.8. The minimum absolute atomic E-state index is 0.111. The van der Waals surface area contributed by atoms with Gasteiger partial charge in [0.25, 0.3) is 0 Å². The molecule has 6 nitrogen and oxygen atoms in total. The van der Waals surface area contributed by atoms with Gasteiger partial charge in [0.15, 0.2) is 6.10 Å². The van der Waals surface area contributed by atoms with Gasteiger partial charge >= 0.3 is 17.9 Å². The summed E-state index contributed by atoms with van der Waals surface area (Å²) in [5.74, 6) is -0.982. The summed E-state index contributed by atoms with van der Waals surface area (Å²) in [5, 5.41) is 0. The topological polar surface area (TPSA) is 78.9 Å². The number of rotatable bonds is 55. The third-order valence-electron chi connectivity index (χ3n) is 12.7. The number of hydrogen-bond donors (Lipinski definition) is 0. The summed E-state index contributed by atoms with van der Waals surface area (Å²) >= 11 is 0. The average Bonchev–Trinajstić information content (AvgIpc) is 3.45. The molecular weight excluding hydrogens is 973 g/mol. The summed E-state index contributed by atoms with van der Waals surface area (Å²) in [6.45, 7) is 6.28. The monoisotopic (exact) mass is 1090 g/mol. The van der Waals surface area contributed by atoms with Gasteiger partial charge in [-0.1, -0.05) is 255 Å². The quantitative estimate of drug-likeness (QED) is 0.0261. The van der Waals surface area contributed by atoms with Crippen LogP contribution in [-0.4, -0.2) is 37.2 Å². The van der Waals surface area contributed by atoms with Crippen LogP contribution in [0, 0.1) is 0 Å². The lowest BCUT2D eigenvalue weighted by atomic mass is 10.1. The molecule has 0 saturated carbocycles. The zero-order chi connectivity index (χ0) is 57.1. The molecule has 0 aliphatic rings.